The van der Waals surface area contributed by atoms with Gasteiger partial charge in [-0.25, -0.2) is 14.0 Å². The Bertz CT molecular complexity index is 883. The maximum atomic E-state index is 14.7. The van der Waals surface area contributed by atoms with Crippen molar-refractivity contribution in [3.8, 4) is 0 Å². The highest BCUT2D eigenvalue weighted by Crippen LogP contribution is 2.37. The molecule has 2 aliphatic rings. The van der Waals surface area contributed by atoms with Gasteiger partial charge in [0, 0.05) is 11.2 Å². The zero-order valence-corrected chi connectivity index (χ0v) is 17.9. The Balaban J connectivity index is 2.05. The Kier molecular flexibility index (Phi) is 5.95. The van der Waals surface area contributed by atoms with Crippen LogP contribution in [0.2, 0.25) is 0 Å². The molecule has 1 aromatic carbocycles. The zero-order valence-electron chi connectivity index (χ0n) is 17.9. The van der Waals surface area contributed by atoms with Crippen LogP contribution in [0.3, 0.4) is 0 Å². The molecule has 162 valence electrons. The third kappa shape index (κ3) is 3.82. The van der Waals surface area contributed by atoms with Gasteiger partial charge in [0.1, 0.15) is 18.2 Å². The van der Waals surface area contributed by atoms with Gasteiger partial charge in [0.15, 0.2) is 0 Å². The summed E-state index contributed by atoms with van der Waals surface area (Å²) in [6, 6.07) is 4.22. The maximum Gasteiger partial charge on any atom is 0.497 e. The number of hydrogen-bond acceptors (Lipinski definition) is 8. The number of esters is 2. The van der Waals surface area contributed by atoms with Crippen molar-refractivity contribution in [3.05, 3.63) is 35.3 Å². The molecule has 0 saturated carbocycles. The molecular weight excluding hydrogens is 396 g/mol. The average Bonchev–Trinajstić information content (AvgIpc) is 2.93. The van der Waals surface area contributed by atoms with Crippen LogP contribution in [0.15, 0.2) is 29.5 Å². The Morgan fingerprint density at radius 2 is 1.67 bits per heavy atom. The monoisotopic (exact) mass is 421 g/mol. The Morgan fingerprint density at radius 3 is 2.23 bits per heavy atom. The van der Waals surface area contributed by atoms with Crippen molar-refractivity contribution >= 4 is 30.2 Å². The first-order valence-electron chi connectivity index (χ1n) is 9.42. The normalized spacial score (nSPS) is 20.4. The van der Waals surface area contributed by atoms with Crippen molar-refractivity contribution in [3.63, 3.8) is 0 Å². The molecular formula is C20H25BFNO7. The molecule has 0 amide bonds. The van der Waals surface area contributed by atoms with E-state index in [1.807, 2.05) is 27.7 Å². The van der Waals surface area contributed by atoms with E-state index < -0.39 is 36.1 Å². The van der Waals surface area contributed by atoms with Gasteiger partial charge in [0.2, 0.25) is 0 Å². The summed E-state index contributed by atoms with van der Waals surface area (Å²) in [6.07, 6.45) is 0. The third-order valence-corrected chi connectivity index (χ3v) is 5.63. The minimum absolute atomic E-state index is 0.0112. The van der Waals surface area contributed by atoms with Crippen LogP contribution in [-0.2, 0) is 33.1 Å². The Morgan fingerprint density at radius 1 is 1.07 bits per heavy atom. The summed E-state index contributed by atoms with van der Waals surface area (Å²) < 4.78 is 41.7. The fraction of sp³-hybridized carbons (Fsp3) is 0.500. The highest BCUT2D eigenvalue weighted by atomic mass is 19.1. The van der Waals surface area contributed by atoms with Gasteiger partial charge < -0.3 is 28.4 Å². The lowest BCUT2D eigenvalue weighted by Crippen LogP contribution is -2.41. The third-order valence-electron chi connectivity index (χ3n) is 5.63. The summed E-state index contributed by atoms with van der Waals surface area (Å²) >= 11 is 0. The predicted molar refractivity (Wildman–Crippen MR) is 106 cm³/mol. The number of benzene rings is 1. The summed E-state index contributed by atoms with van der Waals surface area (Å²) in [5.41, 5.74) is -0.741. The molecule has 0 N–H and O–H groups in total. The van der Waals surface area contributed by atoms with Gasteiger partial charge in [-0.3, -0.25) is 0 Å². The van der Waals surface area contributed by atoms with Gasteiger partial charge in [0.05, 0.1) is 37.6 Å². The standard InChI is InChI=1S/C20H25BFNO7/c1-19(2)20(3,4)30-21(29-19)14-9-12(7-8-15(14)22)23-11-28-10-13(17(24)26-5)16(23)18(25)27-6/h7-9H,10-11H2,1-6H3. The summed E-state index contributed by atoms with van der Waals surface area (Å²) in [7, 11) is 1.47. The molecule has 10 heteroatoms. The van der Waals surface area contributed by atoms with Gasteiger partial charge in [-0.1, -0.05) is 0 Å². The molecule has 0 unspecified atom stereocenters. The first-order valence-corrected chi connectivity index (χ1v) is 9.42. The maximum absolute atomic E-state index is 14.7. The molecule has 0 radical (unpaired) electrons. The van der Waals surface area contributed by atoms with E-state index in [0.717, 1.165) is 0 Å². The average molecular weight is 421 g/mol. The summed E-state index contributed by atoms with van der Waals surface area (Å²) in [5.74, 6) is -1.97. The van der Waals surface area contributed by atoms with E-state index in [1.54, 1.807) is 0 Å². The van der Waals surface area contributed by atoms with Crippen molar-refractivity contribution in [2.45, 2.75) is 38.9 Å². The number of rotatable bonds is 4. The van der Waals surface area contributed by atoms with Crippen LogP contribution in [0, 0.1) is 5.82 Å². The molecule has 1 saturated heterocycles. The van der Waals surface area contributed by atoms with E-state index in [-0.39, 0.29) is 30.1 Å². The van der Waals surface area contributed by atoms with Gasteiger partial charge in [-0.15, -0.1) is 0 Å². The van der Waals surface area contributed by atoms with Gasteiger partial charge in [0.25, 0.3) is 0 Å². The number of anilines is 1. The summed E-state index contributed by atoms with van der Waals surface area (Å²) in [5, 5.41) is 0. The second-order valence-electron chi connectivity index (χ2n) is 8.01. The second-order valence-corrected chi connectivity index (χ2v) is 8.01. The molecule has 2 aliphatic heterocycles. The number of nitrogens with zero attached hydrogens (tertiary/aromatic N) is 1. The van der Waals surface area contributed by atoms with E-state index in [1.165, 1.54) is 37.3 Å². The van der Waals surface area contributed by atoms with Crippen molar-refractivity contribution < 1.29 is 37.5 Å². The molecule has 1 aromatic rings. The van der Waals surface area contributed by atoms with Crippen LogP contribution >= 0.6 is 0 Å². The van der Waals surface area contributed by atoms with E-state index in [4.69, 9.17) is 23.5 Å². The van der Waals surface area contributed by atoms with Crippen molar-refractivity contribution in [2.24, 2.45) is 0 Å². The minimum atomic E-state index is -0.939. The van der Waals surface area contributed by atoms with Crippen LogP contribution in [0.25, 0.3) is 0 Å². The minimum Gasteiger partial charge on any atom is -0.466 e. The molecule has 3 rings (SSSR count). The summed E-state index contributed by atoms with van der Waals surface area (Å²) in [6.45, 7) is 7.32. The molecule has 2 heterocycles. The number of carbonyl (C=O) groups is 2. The summed E-state index contributed by atoms with van der Waals surface area (Å²) in [4.78, 5) is 26.0. The zero-order chi connectivity index (χ0) is 22.3. The number of carbonyl (C=O) groups excluding carboxylic acids is 2. The Hall–Kier alpha value is -2.43. The van der Waals surface area contributed by atoms with E-state index in [9.17, 15) is 14.0 Å². The van der Waals surface area contributed by atoms with Crippen LogP contribution in [0.1, 0.15) is 27.7 Å². The number of ether oxygens (including phenoxy) is 3. The van der Waals surface area contributed by atoms with E-state index in [0.29, 0.717) is 5.69 Å². The van der Waals surface area contributed by atoms with Gasteiger partial charge in [-0.2, -0.15) is 0 Å². The molecule has 8 nitrogen and oxygen atoms in total. The molecule has 0 bridgehead atoms. The molecule has 0 atom stereocenters. The first-order chi connectivity index (χ1) is 14.0. The van der Waals surface area contributed by atoms with Crippen LogP contribution in [-0.4, -0.2) is 57.8 Å². The lowest BCUT2D eigenvalue weighted by Gasteiger charge is -2.32. The van der Waals surface area contributed by atoms with Crippen molar-refractivity contribution in [1.82, 2.24) is 0 Å². The van der Waals surface area contributed by atoms with E-state index >= 15 is 0 Å². The highest BCUT2D eigenvalue weighted by Gasteiger charge is 2.52. The number of methoxy groups -OCH3 is 2. The van der Waals surface area contributed by atoms with Crippen molar-refractivity contribution in [2.75, 3.05) is 32.5 Å². The topological polar surface area (TPSA) is 83.5 Å². The molecule has 0 aliphatic carbocycles. The predicted octanol–water partition coefficient (Wildman–Crippen LogP) is 1.52. The number of hydrogen-bond donors (Lipinski definition) is 0. The molecule has 0 aromatic heterocycles. The lowest BCUT2D eigenvalue weighted by molar-refractivity contribution is -0.140. The fourth-order valence-corrected chi connectivity index (χ4v) is 3.20. The highest BCUT2D eigenvalue weighted by molar-refractivity contribution is 6.62. The lowest BCUT2D eigenvalue weighted by atomic mass is 9.78. The fourth-order valence-electron chi connectivity index (χ4n) is 3.20. The van der Waals surface area contributed by atoms with Crippen molar-refractivity contribution in [1.29, 1.82) is 0 Å². The Labute approximate surface area is 175 Å². The van der Waals surface area contributed by atoms with Crippen LogP contribution in [0.4, 0.5) is 10.1 Å². The first kappa shape index (κ1) is 22.3. The van der Waals surface area contributed by atoms with Crippen LogP contribution < -0.4 is 10.4 Å². The molecule has 30 heavy (non-hydrogen) atoms. The quantitative estimate of drug-likeness (QED) is 0.535. The van der Waals surface area contributed by atoms with Gasteiger partial charge in [-0.05, 0) is 45.9 Å². The van der Waals surface area contributed by atoms with Gasteiger partial charge >= 0.3 is 19.1 Å². The second kappa shape index (κ2) is 8.01. The molecule has 0 spiro atoms. The smallest absolute Gasteiger partial charge is 0.466 e. The van der Waals surface area contributed by atoms with Crippen LogP contribution in [0.5, 0.6) is 0 Å². The number of halogens is 1. The largest absolute Gasteiger partial charge is 0.497 e. The van der Waals surface area contributed by atoms with E-state index in [2.05, 4.69) is 0 Å². The SMILES string of the molecule is COC(=O)C1=C(C(=O)OC)N(c2ccc(F)c(B3OC(C)(C)C(C)(C)O3)c2)COC1. The molecule has 1 fully saturated rings.